The molecule has 2 heterocycles. The third-order valence-corrected chi connectivity index (χ3v) is 6.97. The van der Waals surface area contributed by atoms with Crippen LogP contribution in [0.4, 0.5) is 0 Å². The van der Waals surface area contributed by atoms with Gasteiger partial charge >= 0.3 is 5.97 Å². The number of fused-ring (bicyclic) bond motifs is 1. The Hall–Kier alpha value is -4.07. The SMILES string of the molecule is O=C(O)c1ccc(Oc2ccc3ccc(OCc4c(-c5c(Cl)cccc5Cl)noc4C4CC4)cc3c2)nc1. The third kappa shape index (κ3) is 4.90. The molecule has 0 bridgehead atoms. The van der Waals surface area contributed by atoms with E-state index in [1.165, 1.54) is 18.3 Å². The Kier molecular flexibility index (Phi) is 6.39. The predicted octanol–water partition coefficient (Wildman–Crippen LogP) is 8.14. The maximum absolute atomic E-state index is 11.0. The van der Waals surface area contributed by atoms with E-state index in [1.54, 1.807) is 18.2 Å². The molecule has 190 valence electrons. The van der Waals surface area contributed by atoms with E-state index in [0.29, 0.717) is 44.6 Å². The predicted molar refractivity (Wildman–Crippen MR) is 143 cm³/mol. The Labute approximate surface area is 227 Å². The van der Waals surface area contributed by atoms with Gasteiger partial charge in [-0.15, -0.1) is 0 Å². The Morgan fingerprint density at radius 2 is 1.71 bits per heavy atom. The molecule has 1 N–H and O–H groups in total. The monoisotopic (exact) mass is 546 g/mol. The summed E-state index contributed by atoms with van der Waals surface area (Å²) in [4.78, 5) is 15.1. The number of pyridine rings is 1. The molecule has 0 aliphatic heterocycles. The van der Waals surface area contributed by atoms with Crippen molar-refractivity contribution in [2.24, 2.45) is 0 Å². The molecular formula is C29H20Cl2N2O5. The molecule has 1 aliphatic rings. The Morgan fingerprint density at radius 1 is 0.974 bits per heavy atom. The van der Waals surface area contributed by atoms with Crippen molar-refractivity contribution in [1.29, 1.82) is 0 Å². The zero-order valence-electron chi connectivity index (χ0n) is 19.9. The van der Waals surface area contributed by atoms with Gasteiger partial charge in [-0.05, 0) is 66.1 Å². The van der Waals surface area contributed by atoms with Gasteiger partial charge in [0.25, 0.3) is 0 Å². The number of carboxylic acids is 1. The second-order valence-corrected chi connectivity index (χ2v) is 9.81. The maximum atomic E-state index is 11.0. The van der Waals surface area contributed by atoms with Crippen molar-refractivity contribution >= 4 is 39.9 Å². The Bertz CT molecular complexity index is 1640. The first-order valence-electron chi connectivity index (χ1n) is 11.9. The standard InChI is InChI=1S/C29H20Cl2N2O5/c30-23-2-1-3-24(31)26(23)27-22(28(38-33-27)17-4-5-17)15-36-20-9-6-16-7-10-21(13-19(16)12-20)37-25-11-8-18(14-32-25)29(34)35/h1-3,6-14,17H,4-5,15H2,(H,34,35). The zero-order chi connectivity index (χ0) is 26.2. The lowest BCUT2D eigenvalue weighted by molar-refractivity contribution is 0.0696. The molecular weight excluding hydrogens is 527 g/mol. The first-order chi connectivity index (χ1) is 18.5. The van der Waals surface area contributed by atoms with Gasteiger partial charge in [-0.25, -0.2) is 9.78 Å². The summed E-state index contributed by atoms with van der Waals surface area (Å²) >= 11 is 12.9. The minimum Gasteiger partial charge on any atom is -0.489 e. The number of rotatable bonds is 8. The number of halogens is 2. The third-order valence-electron chi connectivity index (χ3n) is 6.34. The van der Waals surface area contributed by atoms with Crippen molar-refractivity contribution in [3.05, 3.63) is 99.9 Å². The van der Waals surface area contributed by atoms with Gasteiger partial charge in [-0.2, -0.15) is 0 Å². The normalized spacial score (nSPS) is 13.0. The molecule has 2 aromatic heterocycles. The number of nitrogens with zero attached hydrogens (tertiary/aromatic N) is 2. The van der Waals surface area contributed by atoms with E-state index in [4.69, 9.17) is 42.3 Å². The molecule has 0 saturated heterocycles. The average Bonchev–Trinajstić information content (AvgIpc) is 3.67. The highest BCUT2D eigenvalue weighted by molar-refractivity contribution is 6.39. The van der Waals surface area contributed by atoms with Crippen LogP contribution >= 0.6 is 23.2 Å². The van der Waals surface area contributed by atoms with Gasteiger partial charge in [-0.1, -0.05) is 46.6 Å². The highest BCUT2D eigenvalue weighted by atomic mass is 35.5. The van der Waals surface area contributed by atoms with Crippen molar-refractivity contribution in [3.63, 3.8) is 0 Å². The number of carbonyl (C=O) groups is 1. The van der Waals surface area contributed by atoms with Gasteiger partial charge in [0.2, 0.25) is 5.88 Å². The van der Waals surface area contributed by atoms with Gasteiger partial charge in [-0.3, -0.25) is 0 Å². The summed E-state index contributed by atoms with van der Waals surface area (Å²) in [5.74, 6) is 1.63. The summed E-state index contributed by atoms with van der Waals surface area (Å²) in [5, 5.41) is 16.3. The zero-order valence-corrected chi connectivity index (χ0v) is 21.4. The van der Waals surface area contributed by atoms with E-state index < -0.39 is 5.97 Å². The average molecular weight is 547 g/mol. The van der Waals surface area contributed by atoms with Gasteiger partial charge in [0.05, 0.1) is 21.2 Å². The van der Waals surface area contributed by atoms with Crippen molar-refractivity contribution in [2.75, 3.05) is 0 Å². The number of ether oxygens (including phenoxy) is 2. The highest BCUT2D eigenvalue weighted by Crippen LogP contribution is 2.46. The van der Waals surface area contributed by atoms with Crippen LogP contribution in [0.25, 0.3) is 22.0 Å². The van der Waals surface area contributed by atoms with Gasteiger partial charge in [0.1, 0.15) is 29.6 Å². The second-order valence-electron chi connectivity index (χ2n) is 9.00. The molecule has 38 heavy (non-hydrogen) atoms. The van der Waals surface area contributed by atoms with E-state index in [2.05, 4.69) is 10.1 Å². The number of aromatic carboxylic acids is 1. The molecule has 1 saturated carbocycles. The molecule has 1 aliphatic carbocycles. The highest BCUT2D eigenvalue weighted by Gasteiger charge is 2.33. The van der Waals surface area contributed by atoms with E-state index in [1.807, 2.05) is 36.4 Å². The Balaban J connectivity index is 1.25. The van der Waals surface area contributed by atoms with Crippen LogP contribution in [0.5, 0.6) is 17.4 Å². The smallest absolute Gasteiger partial charge is 0.337 e. The summed E-state index contributed by atoms with van der Waals surface area (Å²) in [6.45, 7) is 0.244. The van der Waals surface area contributed by atoms with Crippen molar-refractivity contribution in [3.8, 4) is 28.6 Å². The lowest BCUT2D eigenvalue weighted by Gasteiger charge is -2.11. The number of hydrogen-bond donors (Lipinski definition) is 1. The molecule has 0 spiro atoms. The molecule has 0 amide bonds. The minimum absolute atomic E-state index is 0.0929. The van der Waals surface area contributed by atoms with E-state index >= 15 is 0 Å². The molecule has 7 nitrogen and oxygen atoms in total. The van der Waals surface area contributed by atoms with Crippen LogP contribution in [0.1, 0.15) is 40.4 Å². The van der Waals surface area contributed by atoms with Crippen LogP contribution in [0.15, 0.2) is 77.4 Å². The summed E-state index contributed by atoms with van der Waals surface area (Å²) in [6.07, 6.45) is 3.35. The van der Waals surface area contributed by atoms with Crippen LogP contribution in [-0.4, -0.2) is 21.2 Å². The molecule has 1 fully saturated rings. The number of hydrogen-bond acceptors (Lipinski definition) is 6. The van der Waals surface area contributed by atoms with E-state index in [0.717, 1.165) is 34.9 Å². The lowest BCUT2D eigenvalue weighted by atomic mass is 10.0. The molecule has 0 radical (unpaired) electrons. The minimum atomic E-state index is -1.04. The van der Waals surface area contributed by atoms with Crippen molar-refractivity contribution in [1.82, 2.24) is 10.1 Å². The topological polar surface area (TPSA) is 94.7 Å². The fraction of sp³-hybridized carbons (Fsp3) is 0.138. The number of benzene rings is 3. The lowest BCUT2D eigenvalue weighted by Crippen LogP contribution is -2.00. The molecule has 6 rings (SSSR count). The van der Waals surface area contributed by atoms with Gasteiger partial charge in [0.15, 0.2) is 0 Å². The molecule has 5 aromatic rings. The molecule has 3 aromatic carbocycles. The van der Waals surface area contributed by atoms with Gasteiger partial charge in [0, 0.05) is 23.7 Å². The second kappa shape index (κ2) is 10.0. The van der Waals surface area contributed by atoms with Crippen LogP contribution in [0, 0.1) is 0 Å². The van der Waals surface area contributed by atoms with Crippen molar-refractivity contribution in [2.45, 2.75) is 25.4 Å². The fourth-order valence-electron chi connectivity index (χ4n) is 4.25. The van der Waals surface area contributed by atoms with Crippen molar-refractivity contribution < 1.29 is 23.9 Å². The maximum Gasteiger partial charge on any atom is 0.337 e. The largest absolute Gasteiger partial charge is 0.489 e. The van der Waals surface area contributed by atoms with E-state index in [9.17, 15) is 4.79 Å². The summed E-state index contributed by atoms with van der Waals surface area (Å²) in [5.41, 5.74) is 2.17. The van der Waals surface area contributed by atoms with Crippen LogP contribution in [0.2, 0.25) is 10.0 Å². The summed E-state index contributed by atoms with van der Waals surface area (Å²) < 4.78 is 17.8. The molecule has 9 heteroatoms. The first-order valence-corrected chi connectivity index (χ1v) is 12.7. The van der Waals surface area contributed by atoms with Crippen LogP contribution < -0.4 is 9.47 Å². The van der Waals surface area contributed by atoms with Gasteiger partial charge < -0.3 is 19.1 Å². The molecule has 0 atom stereocenters. The quantitative estimate of drug-likeness (QED) is 0.210. The number of carboxylic acid groups (broad SMARTS) is 1. The molecule has 0 unspecified atom stereocenters. The van der Waals surface area contributed by atoms with Crippen LogP contribution in [-0.2, 0) is 6.61 Å². The Morgan fingerprint density at radius 3 is 2.39 bits per heavy atom. The fourth-order valence-corrected chi connectivity index (χ4v) is 4.82. The van der Waals surface area contributed by atoms with Crippen LogP contribution in [0.3, 0.4) is 0 Å². The van der Waals surface area contributed by atoms with E-state index in [-0.39, 0.29) is 12.2 Å². The first kappa shape index (κ1) is 24.3. The number of aromatic nitrogens is 2. The summed E-state index contributed by atoms with van der Waals surface area (Å²) in [7, 11) is 0. The summed E-state index contributed by atoms with van der Waals surface area (Å²) in [6, 6.07) is 19.7.